The first-order valence-electron chi connectivity index (χ1n) is 11.4. The van der Waals surface area contributed by atoms with E-state index in [0.29, 0.717) is 16.7 Å². The maximum absolute atomic E-state index is 13.0. The second-order valence-electron chi connectivity index (χ2n) is 8.34. The minimum atomic E-state index is -1.55. The van der Waals surface area contributed by atoms with Crippen molar-refractivity contribution in [1.82, 2.24) is 0 Å². The first-order valence-corrected chi connectivity index (χ1v) is 11.4. The van der Waals surface area contributed by atoms with Crippen molar-refractivity contribution in [2.24, 2.45) is 0 Å². The fourth-order valence-electron chi connectivity index (χ4n) is 3.99. The molecule has 186 valence electrons. The van der Waals surface area contributed by atoms with Crippen molar-refractivity contribution in [2.45, 2.75) is 31.0 Å². The Morgan fingerprint density at radius 1 is 0.750 bits per heavy atom. The lowest BCUT2D eigenvalue weighted by Gasteiger charge is -2.33. The summed E-state index contributed by atoms with van der Waals surface area (Å²) in [6.45, 7) is 1.29. The summed E-state index contributed by atoms with van der Waals surface area (Å²) in [4.78, 5) is 38.5. The SMILES string of the molecule is CO[C@@H]1O[C@H](COC(=O)c2ccccc2)C(OC(=O)c2ccccc2)C1(C)OC(=O)c1ccccc1. The molecule has 0 radical (unpaired) electrons. The highest BCUT2D eigenvalue weighted by Gasteiger charge is 2.60. The quantitative estimate of drug-likeness (QED) is 0.345. The normalized spacial score (nSPS) is 23.0. The van der Waals surface area contributed by atoms with Gasteiger partial charge in [-0.2, -0.15) is 0 Å². The van der Waals surface area contributed by atoms with Crippen molar-refractivity contribution in [1.29, 1.82) is 0 Å². The van der Waals surface area contributed by atoms with Crippen LogP contribution in [0.4, 0.5) is 0 Å². The van der Waals surface area contributed by atoms with E-state index in [1.54, 1.807) is 97.9 Å². The molecule has 1 aliphatic heterocycles. The van der Waals surface area contributed by atoms with Crippen LogP contribution >= 0.6 is 0 Å². The van der Waals surface area contributed by atoms with Crippen LogP contribution in [-0.2, 0) is 23.7 Å². The second-order valence-corrected chi connectivity index (χ2v) is 8.34. The number of esters is 3. The Morgan fingerprint density at radius 2 is 1.22 bits per heavy atom. The van der Waals surface area contributed by atoms with E-state index in [2.05, 4.69) is 0 Å². The van der Waals surface area contributed by atoms with Gasteiger partial charge < -0.3 is 23.7 Å². The van der Waals surface area contributed by atoms with Crippen molar-refractivity contribution >= 4 is 17.9 Å². The molecule has 4 rings (SSSR count). The summed E-state index contributed by atoms with van der Waals surface area (Å²) >= 11 is 0. The highest BCUT2D eigenvalue weighted by atomic mass is 16.7. The molecule has 3 aromatic carbocycles. The Balaban J connectivity index is 1.59. The number of rotatable bonds is 8. The van der Waals surface area contributed by atoms with Gasteiger partial charge in [-0.1, -0.05) is 54.6 Å². The summed E-state index contributed by atoms with van der Waals surface area (Å²) in [5.74, 6) is -1.87. The fraction of sp³-hybridized carbons (Fsp3) is 0.250. The number of benzene rings is 3. The molecule has 36 heavy (non-hydrogen) atoms. The summed E-state index contributed by atoms with van der Waals surface area (Å²) in [5, 5.41) is 0. The number of methoxy groups -OCH3 is 1. The number of carbonyl (C=O) groups is 3. The molecule has 1 saturated heterocycles. The van der Waals surface area contributed by atoms with E-state index in [1.165, 1.54) is 7.11 Å². The van der Waals surface area contributed by atoms with Crippen molar-refractivity contribution in [3.63, 3.8) is 0 Å². The number of ether oxygens (including phenoxy) is 5. The molecule has 1 fully saturated rings. The van der Waals surface area contributed by atoms with E-state index in [9.17, 15) is 14.4 Å². The summed E-state index contributed by atoms with van der Waals surface area (Å²) in [7, 11) is 1.38. The highest BCUT2D eigenvalue weighted by Crippen LogP contribution is 2.38. The van der Waals surface area contributed by atoms with Gasteiger partial charge in [0.25, 0.3) is 0 Å². The Bertz CT molecular complexity index is 1180. The molecule has 1 aliphatic rings. The summed E-state index contributed by atoms with van der Waals surface area (Å²) in [6.07, 6.45) is -3.21. The minimum Gasteiger partial charge on any atom is -0.459 e. The largest absolute Gasteiger partial charge is 0.459 e. The molecular weight excluding hydrogens is 464 g/mol. The summed E-state index contributed by atoms with van der Waals surface area (Å²) in [6, 6.07) is 25.2. The van der Waals surface area contributed by atoms with E-state index in [0.717, 1.165) is 0 Å². The average molecular weight is 491 g/mol. The van der Waals surface area contributed by atoms with Gasteiger partial charge in [-0.05, 0) is 43.3 Å². The highest BCUT2D eigenvalue weighted by molar-refractivity contribution is 5.91. The van der Waals surface area contributed by atoms with Crippen LogP contribution in [0.15, 0.2) is 91.0 Å². The zero-order valence-corrected chi connectivity index (χ0v) is 19.9. The Morgan fingerprint density at radius 3 is 1.72 bits per heavy atom. The predicted octanol–water partition coefficient (Wildman–Crippen LogP) is 4.06. The van der Waals surface area contributed by atoms with Gasteiger partial charge in [0.05, 0.1) is 16.7 Å². The zero-order chi connectivity index (χ0) is 25.5. The predicted molar refractivity (Wildman–Crippen MR) is 128 cm³/mol. The smallest absolute Gasteiger partial charge is 0.338 e. The van der Waals surface area contributed by atoms with E-state index in [1.807, 2.05) is 0 Å². The van der Waals surface area contributed by atoms with Gasteiger partial charge in [0.1, 0.15) is 12.7 Å². The first-order chi connectivity index (χ1) is 17.4. The fourth-order valence-corrected chi connectivity index (χ4v) is 3.99. The number of hydrogen-bond acceptors (Lipinski definition) is 8. The van der Waals surface area contributed by atoms with Crippen molar-refractivity contribution in [3.05, 3.63) is 108 Å². The van der Waals surface area contributed by atoms with E-state index in [4.69, 9.17) is 23.7 Å². The van der Waals surface area contributed by atoms with Gasteiger partial charge in [0.2, 0.25) is 6.29 Å². The van der Waals surface area contributed by atoms with Gasteiger partial charge in [0.15, 0.2) is 11.7 Å². The molecule has 1 heterocycles. The van der Waals surface area contributed by atoms with Crippen LogP contribution in [0.2, 0.25) is 0 Å². The molecule has 0 amide bonds. The molecule has 8 nitrogen and oxygen atoms in total. The number of carbonyl (C=O) groups excluding carboxylic acids is 3. The third kappa shape index (κ3) is 5.45. The molecule has 0 N–H and O–H groups in total. The third-order valence-electron chi connectivity index (χ3n) is 5.84. The van der Waals surface area contributed by atoms with Crippen LogP contribution in [0, 0.1) is 0 Å². The van der Waals surface area contributed by atoms with Gasteiger partial charge in [-0.3, -0.25) is 0 Å². The van der Waals surface area contributed by atoms with Crippen LogP contribution in [0.25, 0.3) is 0 Å². The molecule has 0 spiro atoms. The molecule has 0 bridgehead atoms. The van der Waals surface area contributed by atoms with Crippen molar-refractivity contribution in [3.8, 4) is 0 Å². The molecular formula is C28H26O8. The molecule has 0 saturated carbocycles. The van der Waals surface area contributed by atoms with Crippen LogP contribution < -0.4 is 0 Å². The van der Waals surface area contributed by atoms with Gasteiger partial charge in [-0.25, -0.2) is 14.4 Å². The Hall–Kier alpha value is -4.01. The second kappa shape index (κ2) is 11.2. The third-order valence-corrected chi connectivity index (χ3v) is 5.84. The van der Waals surface area contributed by atoms with E-state index in [-0.39, 0.29) is 6.61 Å². The van der Waals surface area contributed by atoms with E-state index < -0.39 is 42.0 Å². The lowest BCUT2D eigenvalue weighted by atomic mass is 9.96. The van der Waals surface area contributed by atoms with E-state index >= 15 is 0 Å². The molecule has 8 heteroatoms. The van der Waals surface area contributed by atoms with Gasteiger partial charge >= 0.3 is 17.9 Å². The minimum absolute atomic E-state index is 0.265. The van der Waals surface area contributed by atoms with Crippen LogP contribution in [-0.4, -0.2) is 55.7 Å². The molecule has 0 aliphatic carbocycles. The maximum Gasteiger partial charge on any atom is 0.338 e. The first kappa shape index (κ1) is 25.1. The summed E-state index contributed by atoms with van der Waals surface area (Å²) < 4.78 is 28.5. The average Bonchev–Trinajstić information content (AvgIpc) is 3.18. The van der Waals surface area contributed by atoms with Crippen molar-refractivity contribution < 1.29 is 38.1 Å². The molecule has 3 aromatic rings. The molecule has 4 atom stereocenters. The molecule has 0 aromatic heterocycles. The zero-order valence-electron chi connectivity index (χ0n) is 19.9. The van der Waals surface area contributed by atoms with Gasteiger partial charge in [-0.15, -0.1) is 0 Å². The number of hydrogen-bond donors (Lipinski definition) is 0. The standard InChI is InChI=1S/C28H26O8/c1-28(36-26(31)21-16-10-5-11-17-21)23(35-25(30)20-14-8-4-9-15-20)22(34-27(28)32-2)18-33-24(29)19-12-6-3-7-13-19/h3-17,22-23,27H,18H2,1-2H3/t22-,23?,27-,28?/m1/s1. The maximum atomic E-state index is 13.0. The topological polar surface area (TPSA) is 97.4 Å². The van der Waals surface area contributed by atoms with Crippen LogP contribution in [0.5, 0.6) is 0 Å². The van der Waals surface area contributed by atoms with Crippen LogP contribution in [0.3, 0.4) is 0 Å². The Kier molecular flexibility index (Phi) is 7.77. The van der Waals surface area contributed by atoms with Crippen LogP contribution in [0.1, 0.15) is 38.0 Å². The van der Waals surface area contributed by atoms with Gasteiger partial charge in [0, 0.05) is 7.11 Å². The Labute approximate surface area is 208 Å². The molecule has 2 unspecified atom stereocenters. The summed E-state index contributed by atoms with van der Waals surface area (Å²) in [5.41, 5.74) is -0.582. The monoisotopic (exact) mass is 490 g/mol. The lowest BCUT2D eigenvalue weighted by Crippen LogP contribution is -2.52. The van der Waals surface area contributed by atoms with Crippen molar-refractivity contribution in [2.75, 3.05) is 13.7 Å². The lowest BCUT2D eigenvalue weighted by molar-refractivity contribution is -0.188.